The third kappa shape index (κ3) is 3.45. The highest BCUT2D eigenvalue weighted by Crippen LogP contribution is 2.43. The third-order valence-corrected chi connectivity index (χ3v) is 5.30. The highest BCUT2D eigenvalue weighted by atomic mass is 16.5. The van der Waals surface area contributed by atoms with E-state index in [1.807, 2.05) is 14.2 Å². The van der Waals surface area contributed by atoms with Crippen molar-refractivity contribution in [3.63, 3.8) is 0 Å². The summed E-state index contributed by atoms with van der Waals surface area (Å²) in [5, 5.41) is 0. The molecule has 1 saturated heterocycles. The average molecular weight is 295 g/mol. The van der Waals surface area contributed by atoms with Gasteiger partial charge in [-0.05, 0) is 49.6 Å². The van der Waals surface area contributed by atoms with Crippen LogP contribution in [-0.4, -0.2) is 44.4 Å². The Morgan fingerprint density at radius 1 is 1.33 bits per heavy atom. The smallest absolute Gasteiger partial charge is 0.109 e. The second-order valence-electron chi connectivity index (χ2n) is 6.98. The van der Waals surface area contributed by atoms with Gasteiger partial charge < -0.3 is 9.47 Å². The first-order chi connectivity index (χ1) is 10.1. The maximum atomic E-state index is 5.80. The Morgan fingerprint density at radius 3 is 2.67 bits per heavy atom. The van der Waals surface area contributed by atoms with Crippen molar-refractivity contribution in [3.05, 3.63) is 11.8 Å². The second-order valence-corrected chi connectivity index (χ2v) is 6.98. The largest absolute Gasteiger partial charge is 0.500 e. The van der Waals surface area contributed by atoms with Gasteiger partial charge in [0.2, 0.25) is 0 Å². The molecule has 1 aliphatic carbocycles. The number of nitrogens with zero attached hydrogens (tertiary/aromatic N) is 1. The van der Waals surface area contributed by atoms with E-state index < -0.39 is 0 Å². The highest BCUT2D eigenvalue weighted by Gasteiger charge is 2.45. The van der Waals surface area contributed by atoms with E-state index in [-0.39, 0.29) is 0 Å². The van der Waals surface area contributed by atoms with Crippen molar-refractivity contribution >= 4 is 0 Å². The SMILES string of the molecule is CCC[C@H]1C=C(OC)[C@@H](N2CCC[C@H]2COC)[C@@H]1C(C)C. The molecule has 1 aliphatic heterocycles. The number of ether oxygens (including phenoxy) is 2. The first-order valence-corrected chi connectivity index (χ1v) is 8.64. The Labute approximate surface area is 130 Å². The summed E-state index contributed by atoms with van der Waals surface area (Å²) in [6.07, 6.45) is 7.47. The highest BCUT2D eigenvalue weighted by molar-refractivity contribution is 5.19. The van der Waals surface area contributed by atoms with E-state index in [0.29, 0.717) is 29.8 Å². The van der Waals surface area contributed by atoms with Crippen LogP contribution in [-0.2, 0) is 9.47 Å². The standard InChI is InChI=1S/C18H33NO2/c1-6-8-14-11-16(21-5)18(17(14)13(2)3)19-10-7-9-15(19)12-20-4/h11,13-15,17-18H,6-10,12H2,1-5H3/t14-,15-,17+,18+/m0/s1. The zero-order valence-corrected chi connectivity index (χ0v) is 14.5. The average Bonchev–Trinajstić information content (AvgIpc) is 3.03. The number of hydrogen-bond acceptors (Lipinski definition) is 3. The Hall–Kier alpha value is -0.540. The monoisotopic (exact) mass is 295 g/mol. The van der Waals surface area contributed by atoms with Gasteiger partial charge in [0.25, 0.3) is 0 Å². The van der Waals surface area contributed by atoms with E-state index in [4.69, 9.17) is 9.47 Å². The van der Waals surface area contributed by atoms with Crippen molar-refractivity contribution in [2.75, 3.05) is 27.4 Å². The fourth-order valence-electron chi connectivity index (χ4n) is 4.48. The predicted molar refractivity (Wildman–Crippen MR) is 87.2 cm³/mol. The number of hydrogen-bond donors (Lipinski definition) is 0. The predicted octanol–water partition coefficient (Wildman–Crippen LogP) is 3.70. The molecule has 0 saturated carbocycles. The third-order valence-electron chi connectivity index (χ3n) is 5.30. The van der Waals surface area contributed by atoms with Gasteiger partial charge in [-0.15, -0.1) is 0 Å². The van der Waals surface area contributed by atoms with Crippen molar-refractivity contribution in [3.8, 4) is 0 Å². The summed E-state index contributed by atoms with van der Waals surface area (Å²) in [6.45, 7) is 9.05. The number of methoxy groups -OCH3 is 2. The van der Waals surface area contributed by atoms with Crippen LogP contribution in [0.2, 0.25) is 0 Å². The molecule has 3 nitrogen and oxygen atoms in total. The molecular formula is C18H33NO2. The molecule has 0 spiro atoms. The molecule has 0 N–H and O–H groups in total. The molecular weight excluding hydrogens is 262 g/mol. The minimum absolute atomic E-state index is 0.453. The first-order valence-electron chi connectivity index (χ1n) is 8.64. The topological polar surface area (TPSA) is 21.7 Å². The van der Waals surface area contributed by atoms with E-state index in [1.54, 1.807) is 0 Å². The van der Waals surface area contributed by atoms with Crippen LogP contribution < -0.4 is 0 Å². The van der Waals surface area contributed by atoms with Gasteiger partial charge in [0, 0.05) is 13.2 Å². The molecule has 3 heteroatoms. The van der Waals surface area contributed by atoms with E-state index in [1.165, 1.54) is 38.0 Å². The number of rotatable bonds is 7. The van der Waals surface area contributed by atoms with Crippen LogP contribution in [0, 0.1) is 17.8 Å². The van der Waals surface area contributed by atoms with E-state index >= 15 is 0 Å². The van der Waals surface area contributed by atoms with Gasteiger partial charge in [-0.1, -0.05) is 27.2 Å². The Morgan fingerprint density at radius 2 is 2.10 bits per heavy atom. The molecule has 0 amide bonds. The number of allylic oxidation sites excluding steroid dienone is 1. The minimum Gasteiger partial charge on any atom is -0.500 e. The van der Waals surface area contributed by atoms with Crippen molar-refractivity contribution in [1.29, 1.82) is 0 Å². The van der Waals surface area contributed by atoms with Crippen LogP contribution in [0.15, 0.2) is 11.8 Å². The second kappa shape index (κ2) is 7.64. The van der Waals surface area contributed by atoms with Crippen molar-refractivity contribution in [2.45, 2.75) is 58.5 Å². The Bertz CT molecular complexity index is 353. The normalized spacial score (nSPS) is 33.7. The Balaban J connectivity index is 2.23. The summed E-state index contributed by atoms with van der Waals surface area (Å²) in [4.78, 5) is 2.67. The van der Waals surface area contributed by atoms with Crippen LogP contribution in [0.4, 0.5) is 0 Å². The maximum Gasteiger partial charge on any atom is 0.109 e. The van der Waals surface area contributed by atoms with Gasteiger partial charge in [-0.2, -0.15) is 0 Å². The lowest BCUT2D eigenvalue weighted by molar-refractivity contribution is 0.0455. The van der Waals surface area contributed by atoms with Gasteiger partial charge in [0.05, 0.1) is 19.8 Å². The molecule has 0 radical (unpaired) electrons. The van der Waals surface area contributed by atoms with Crippen LogP contribution in [0.5, 0.6) is 0 Å². The zero-order chi connectivity index (χ0) is 15.4. The van der Waals surface area contributed by atoms with Crippen molar-refractivity contribution < 1.29 is 9.47 Å². The zero-order valence-electron chi connectivity index (χ0n) is 14.5. The molecule has 2 aliphatic rings. The summed E-state index contributed by atoms with van der Waals surface area (Å²) in [5.74, 6) is 3.23. The maximum absolute atomic E-state index is 5.80. The molecule has 0 unspecified atom stereocenters. The first kappa shape index (κ1) is 16.8. The summed E-state index contributed by atoms with van der Waals surface area (Å²) in [6, 6.07) is 1.01. The summed E-state index contributed by atoms with van der Waals surface area (Å²) in [5.41, 5.74) is 0. The molecule has 0 aromatic heterocycles. The van der Waals surface area contributed by atoms with E-state index in [9.17, 15) is 0 Å². The quantitative estimate of drug-likeness (QED) is 0.715. The van der Waals surface area contributed by atoms with Gasteiger partial charge in [0.15, 0.2) is 0 Å². The molecule has 0 aromatic carbocycles. The van der Waals surface area contributed by atoms with E-state index in [2.05, 4.69) is 31.7 Å². The molecule has 122 valence electrons. The lowest BCUT2D eigenvalue weighted by Gasteiger charge is -2.38. The minimum atomic E-state index is 0.453. The van der Waals surface area contributed by atoms with Crippen LogP contribution >= 0.6 is 0 Å². The molecule has 2 rings (SSSR count). The van der Waals surface area contributed by atoms with Gasteiger partial charge in [-0.3, -0.25) is 4.90 Å². The fourth-order valence-corrected chi connectivity index (χ4v) is 4.48. The fraction of sp³-hybridized carbons (Fsp3) is 0.889. The van der Waals surface area contributed by atoms with E-state index in [0.717, 1.165) is 6.61 Å². The Kier molecular flexibility index (Phi) is 6.12. The molecule has 0 bridgehead atoms. The molecule has 1 heterocycles. The van der Waals surface area contributed by atoms with Gasteiger partial charge in [0.1, 0.15) is 5.76 Å². The molecule has 0 aromatic rings. The summed E-state index contributed by atoms with van der Waals surface area (Å²) < 4.78 is 11.3. The van der Waals surface area contributed by atoms with Crippen molar-refractivity contribution in [1.82, 2.24) is 4.90 Å². The van der Waals surface area contributed by atoms with Crippen molar-refractivity contribution in [2.24, 2.45) is 17.8 Å². The summed E-state index contributed by atoms with van der Waals surface area (Å²) >= 11 is 0. The number of likely N-dealkylation sites (tertiary alicyclic amines) is 1. The molecule has 4 atom stereocenters. The summed E-state index contributed by atoms with van der Waals surface area (Å²) in [7, 11) is 3.66. The van der Waals surface area contributed by atoms with Gasteiger partial charge >= 0.3 is 0 Å². The van der Waals surface area contributed by atoms with Crippen LogP contribution in [0.3, 0.4) is 0 Å². The molecule has 1 fully saturated rings. The van der Waals surface area contributed by atoms with Gasteiger partial charge in [-0.25, -0.2) is 0 Å². The lowest BCUT2D eigenvalue weighted by Crippen LogP contribution is -2.47. The van der Waals surface area contributed by atoms with Crippen LogP contribution in [0.25, 0.3) is 0 Å². The molecule has 21 heavy (non-hydrogen) atoms. The lowest BCUT2D eigenvalue weighted by atomic mass is 9.80. The van der Waals surface area contributed by atoms with Crippen LogP contribution in [0.1, 0.15) is 46.5 Å².